The van der Waals surface area contributed by atoms with Crippen LogP contribution in [0.5, 0.6) is 0 Å². The molecule has 0 spiro atoms. The number of carbonyl (C=O) groups is 1. The van der Waals surface area contributed by atoms with Crippen LogP contribution in [0.3, 0.4) is 0 Å². The Kier molecular flexibility index (Phi) is 7.23. The molecule has 5 nitrogen and oxygen atoms in total. The van der Waals surface area contributed by atoms with Crippen LogP contribution in [0.1, 0.15) is 22.3 Å². The van der Waals surface area contributed by atoms with Gasteiger partial charge in [-0.25, -0.2) is 0 Å². The summed E-state index contributed by atoms with van der Waals surface area (Å²) in [5.74, 6) is 0. The Bertz CT molecular complexity index is 1550. The average molecular weight is 484 g/mol. The van der Waals surface area contributed by atoms with Crippen molar-refractivity contribution in [3.05, 3.63) is 126 Å². The first-order valence-electron chi connectivity index (χ1n) is 12.0. The van der Waals surface area contributed by atoms with E-state index in [-0.39, 0.29) is 6.61 Å². The van der Waals surface area contributed by atoms with Crippen LogP contribution < -0.4 is 0 Å². The standard InChI is InChI=1S/C32H25N3O2/c1-23-15-30(20-34-31(23)26-10-5-9-25(16-26)21-37-22-36)32-27(13-12-24-7-3-2-4-8-24)17-29(19-35-32)28-11-6-14-33-18-28/h2-20,22H,21H2,1H3/b13-12+. The maximum atomic E-state index is 10.6. The number of ether oxygens (including phenoxy) is 1. The van der Waals surface area contributed by atoms with Gasteiger partial charge in [-0.1, -0.05) is 66.7 Å². The van der Waals surface area contributed by atoms with Crippen molar-refractivity contribution in [2.45, 2.75) is 13.5 Å². The Morgan fingerprint density at radius 3 is 2.32 bits per heavy atom. The number of hydrogen-bond donors (Lipinski definition) is 0. The Morgan fingerprint density at radius 1 is 0.730 bits per heavy atom. The van der Waals surface area contributed by atoms with Crippen LogP contribution in [0, 0.1) is 6.92 Å². The summed E-state index contributed by atoms with van der Waals surface area (Å²) in [6.45, 7) is 2.74. The van der Waals surface area contributed by atoms with Crippen molar-refractivity contribution in [1.82, 2.24) is 15.0 Å². The van der Waals surface area contributed by atoms with Crippen LogP contribution in [-0.2, 0) is 16.1 Å². The number of rotatable bonds is 8. The maximum Gasteiger partial charge on any atom is 0.293 e. The highest BCUT2D eigenvalue weighted by molar-refractivity contribution is 5.82. The minimum atomic E-state index is 0.235. The topological polar surface area (TPSA) is 65.0 Å². The van der Waals surface area contributed by atoms with Crippen molar-refractivity contribution in [1.29, 1.82) is 0 Å². The summed E-state index contributed by atoms with van der Waals surface area (Å²) >= 11 is 0. The van der Waals surface area contributed by atoms with E-state index in [1.807, 2.05) is 80.1 Å². The van der Waals surface area contributed by atoms with E-state index >= 15 is 0 Å². The molecule has 5 rings (SSSR count). The van der Waals surface area contributed by atoms with Gasteiger partial charge in [0.2, 0.25) is 0 Å². The monoisotopic (exact) mass is 483 g/mol. The molecule has 0 amide bonds. The van der Waals surface area contributed by atoms with Gasteiger partial charge in [0, 0.05) is 52.6 Å². The van der Waals surface area contributed by atoms with Gasteiger partial charge in [-0.05, 0) is 47.9 Å². The first-order valence-corrected chi connectivity index (χ1v) is 12.0. The van der Waals surface area contributed by atoms with Crippen molar-refractivity contribution in [2.75, 3.05) is 0 Å². The second-order valence-corrected chi connectivity index (χ2v) is 8.64. The highest BCUT2D eigenvalue weighted by atomic mass is 16.5. The van der Waals surface area contributed by atoms with E-state index in [1.165, 1.54) is 0 Å². The van der Waals surface area contributed by atoms with Crippen molar-refractivity contribution >= 4 is 18.6 Å². The van der Waals surface area contributed by atoms with Crippen LogP contribution in [0.2, 0.25) is 0 Å². The summed E-state index contributed by atoms with van der Waals surface area (Å²) in [6, 6.07) is 26.3. The second-order valence-electron chi connectivity index (χ2n) is 8.64. The Hall–Kier alpha value is -4.90. The van der Waals surface area contributed by atoms with E-state index < -0.39 is 0 Å². The summed E-state index contributed by atoms with van der Waals surface area (Å²) in [6.07, 6.45) is 11.5. The summed E-state index contributed by atoms with van der Waals surface area (Å²) in [5, 5.41) is 0. The molecule has 2 aromatic carbocycles. The molecule has 0 atom stereocenters. The predicted octanol–water partition coefficient (Wildman–Crippen LogP) is 7.02. The Balaban J connectivity index is 1.54. The fourth-order valence-electron chi connectivity index (χ4n) is 4.24. The molecule has 0 aliphatic carbocycles. The number of aryl methyl sites for hydroxylation is 1. The van der Waals surface area contributed by atoms with Gasteiger partial charge in [0.1, 0.15) is 6.61 Å². The third-order valence-electron chi connectivity index (χ3n) is 6.04. The number of pyridine rings is 3. The van der Waals surface area contributed by atoms with E-state index in [0.717, 1.165) is 55.9 Å². The zero-order valence-electron chi connectivity index (χ0n) is 20.4. The van der Waals surface area contributed by atoms with E-state index in [4.69, 9.17) is 14.7 Å². The van der Waals surface area contributed by atoms with Crippen LogP contribution >= 0.6 is 0 Å². The second kappa shape index (κ2) is 11.2. The molecule has 0 aliphatic rings. The number of benzene rings is 2. The van der Waals surface area contributed by atoms with Gasteiger partial charge in [0.05, 0.1) is 11.4 Å². The van der Waals surface area contributed by atoms with E-state index in [2.05, 4.69) is 41.4 Å². The van der Waals surface area contributed by atoms with Crippen molar-refractivity contribution < 1.29 is 9.53 Å². The van der Waals surface area contributed by atoms with Crippen LogP contribution in [0.15, 0.2) is 104 Å². The summed E-state index contributed by atoms with van der Waals surface area (Å²) in [5.41, 5.74) is 9.71. The van der Waals surface area contributed by atoms with Crippen molar-refractivity contribution in [2.24, 2.45) is 0 Å². The van der Waals surface area contributed by atoms with Gasteiger partial charge in [-0.3, -0.25) is 19.7 Å². The molecule has 0 bridgehead atoms. The molecule has 3 aromatic heterocycles. The minimum absolute atomic E-state index is 0.235. The van der Waals surface area contributed by atoms with Crippen LogP contribution in [0.25, 0.3) is 45.8 Å². The summed E-state index contributed by atoms with van der Waals surface area (Å²) in [7, 11) is 0. The first kappa shape index (κ1) is 23.8. The lowest BCUT2D eigenvalue weighted by Gasteiger charge is -2.12. The number of aromatic nitrogens is 3. The lowest BCUT2D eigenvalue weighted by atomic mass is 9.98. The Morgan fingerprint density at radius 2 is 1.54 bits per heavy atom. The van der Waals surface area contributed by atoms with Gasteiger partial charge in [-0.15, -0.1) is 0 Å². The highest BCUT2D eigenvalue weighted by Gasteiger charge is 2.12. The zero-order valence-corrected chi connectivity index (χ0v) is 20.4. The molecular formula is C32H25N3O2. The molecule has 0 saturated carbocycles. The summed E-state index contributed by atoms with van der Waals surface area (Å²) in [4.78, 5) is 24.5. The molecule has 5 aromatic rings. The van der Waals surface area contributed by atoms with E-state index in [0.29, 0.717) is 6.47 Å². The molecule has 0 N–H and O–H groups in total. The highest BCUT2D eigenvalue weighted by Crippen LogP contribution is 2.31. The number of hydrogen-bond acceptors (Lipinski definition) is 5. The third-order valence-corrected chi connectivity index (χ3v) is 6.04. The van der Waals surface area contributed by atoms with Crippen LogP contribution in [-0.4, -0.2) is 21.4 Å². The molecular weight excluding hydrogens is 458 g/mol. The van der Waals surface area contributed by atoms with Crippen LogP contribution in [0.4, 0.5) is 0 Å². The fourth-order valence-corrected chi connectivity index (χ4v) is 4.24. The largest absolute Gasteiger partial charge is 0.463 e. The molecule has 0 saturated heterocycles. The Labute approximate surface area is 216 Å². The molecule has 5 heteroatoms. The molecule has 0 unspecified atom stereocenters. The summed E-state index contributed by atoms with van der Waals surface area (Å²) < 4.78 is 4.91. The van der Waals surface area contributed by atoms with E-state index in [1.54, 1.807) is 6.20 Å². The smallest absolute Gasteiger partial charge is 0.293 e. The molecule has 0 fully saturated rings. The van der Waals surface area contributed by atoms with Crippen molar-refractivity contribution in [3.8, 4) is 33.6 Å². The molecule has 0 radical (unpaired) electrons. The molecule has 3 heterocycles. The third kappa shape index (κ3) is 5.68. The zero-order chi connectivity index (χ0) is 25.5. The average Bonchev–Trinajstić information content (AvgIpc) is 2.96. The minimum Gasteiger partial charge on any atom is -0.463 e. The SMILES string of the molecule is Cc1cc(-c2ncc(-c3cccnc3)cc2/C=C/c2ccccc2)cnc1-c1cccc(COC=O)c1. The van der Waals surface area contributed by atoms with Gasteiger partial charge in [-0.2, -0.15) is 0 Å². The maximum absolute atomic E-state index is 10.6. The van der Waals surface area contributed by atoms with Gasteiger partial charge in [0.25, 0.3) is 6.47 Å². The first-order chi connectivity index (χ1) is 18.2. The molecule has 37 heavy (non-hydrogen) atoms. The lowest BCUT2D eigenvalue weighted by Crippen LogP contribution is -1.96. The molecule has 0 aliphatic heterocycles. The number of carbonyl (C=O) groups excluding carboxylic acids is 1. The quantitative estimate of drug-likeness (QED) is 0.222. The number of nitrogens with zero attached hydrogens (tertiary/aromatic N) is 3. The fraction of sp³-hybridized carbons (Fsp3) is 0.0625. The van der Waals surface area contributed by atoms with Gasteiger partial charge < -0.3 is 4.74 Å². The lowest BCUT2D eigenvalue weighted by molar-refractivity contribution is -0.129. The van der Waals surface area contributed by atoms with Gasteiger partial charge in [0.15, 0.2) is 0 Å². The normalized spacial score (nSPS) is 10.9. The van der Waals surface area contributed by atoms with Crippen molar-refractivity contribution in [3.63, 3.8) is 0 Å². The van der Waals surface area contributed by atoms with Gasteiger partial charge >= 0.3 is 0 Å². The van der Waals surface area contributed by atoms with E-state index in [9.17, 15) is 4.79 Å². The predicted molar refractivity (Wildman–Crippen MR) is 147 cm³/mol. The molecule has 180 valence electrons.